The highest BCUT2D eigenvalue weighted by Gasteiger charge is 2.40. The van der Waals surface area contributed by atoms with Crippen LogP contribution in [0.15, 0.2) is 36.4 Å². The second kappa shape index (κ2) is 4.74. The van der Waals surface area contributed by atoms with Crippen molar-refractivity contribution in [3.8, 4) is 10.4 Å². The lowest BCUT2D eigenvalue weighted by Gasteiger charge is -2.17. The van der Waals surface area contributed by atoms with Gasteiger partial charge in [0.1, 0.15) is 0 Å². The van der Waals surface area contributed by atoms with Gasteiger partial charge in [-0.15, -0.1) is 11.3 Å². The molecule has 0 aliphatic rings. The SMILES string of the molecule is Cc1ccc(-c2ccccc2C(O)C(F)(F)F)s1. The van der Waals surface area contributed by atoms with Gasteiger partial charge in [-0.3, -0.25) is 0 Å². The van der Waals surface area contributed by atoms with Crippen LogP contribution in [0.5, 0.6) is 0 Å². The first kappa shape index (κ1) is 13.1. The third-order valence-electron chi connectivity index (χ3n) is 2.57. The molecule has 1 aromatic heterocycles. The summed E-state index contributed by atoms with van der Waals surface area (Å²) in [5.41, 5.74) is 0.326. The van der Waals surface area contributed by atoms with Gasteiger partial charge in [0, 0.05) is 9.75 Å². The zero-order chi connectivity index (χ0) is 13.3. The van der Waals surface area contributed by atoms with Crippen molar-refractivity contribution in [2.45, 2.75) is 19.2 Å². The molecule has 0 amide bonds. The maximum Gasteiger partial charge on any atom is 0.418 e. The van der Waals surface area contributed by atoms with Crippen LogP contribution >= 0.6 is 11.3 Å². The molecular weight excluding hydrogens is 261 g/mol. The summed E-state index contributed by atoms with van der Waals surface area (Å²) in [4.78, 5) is 1.74. The molecule has 0 spiro atoms. The van der Waals surface area contributed by atoms with Crippen molar-refractivity contribution in [2.24, 2.45) is 0 Å². The molecule has 2 aromatic rings. The van der Waals surface area contributed by atoms with E-state index in [9.17, 15) is 18.3 Å². The molecule has 1 unspecified atom stereocenters. The van der Waals surface area contributed by atoms with Gasteiger partial charge >= 0.3 is 6.18 Å². The van der Waals surface area contributed by atoms with Crippen molar-refractivity contribution in [1.29, 1.82) is 0 Å². The Morgan fingerprint density at radius 1 is 1.11 bits per heavy atom. The van der Waals surface area contributed by atoms with E-state index >= 15 is 0 Å². The molecule has 0 bridgehead atoms. The van der Waals surface area contributed by atoms with Gasteiger partial charge < -0.3 is 5.11 Å². The van der Waals surface area contributed by atoms with Crippen LogP contribution in [0.25, 0.3) is 10.4 Å². The van der Waals surface area contributed by atoms with Crippen LogP contribution in [-0.2, 0) is 0 Å². The van der Waals surface area contributed by atoms with Crippen LogP contribution in [-0.4, -0.2) is 11.3 Å². The van der Waals surface area contributed by atoms with Crippen LogP contribution < -0.4 is 0 Å². The number of aryl methyl sites for hydroxylation is 1. The van der Waals surface area contributed by atoms with E-state index in [1.54, 1.807) is 18.2 Å². The minimum absolute atomic E-state index is 0.105. The summed E-state index contributed by atoms with van der Waals surface area (Å²) in [7, 11) is 0. The fraction of sp³-hybridized carbons (Fsp3) is 0.231. The van der Waals surface area contributed by atoms with Gasteiger partial charge in [0.25, 0.3) is 0 Å². The molecule has 0 saturated heterocycles. The molecule has 0 fully saturated rings. The summed E-state index contributed by atoms with van der Waals surface area (Å²) in [5.74, 6) is 0. The number of rotatable bonds is 2. The number of alkyl halides is 3. The number of hydrogen-bond donors (Lipinski definition) is 1. The topological polar surface area (TPSA) is 20.2 Å². The largest absolute Gasteiger partial charge is 0.418 e. The second-order valence-corrected chi connectivity index (χ2v) is 5.23. The highest BCUT2D eigenvalue weighted by atomic mass is 32.1. The van der Waals surface area contributed by atoms with E-state index in [0.29, 0.717) is 5.56 Å². The quantitative estimate of drug-likeness (QED) is 0.863. The fourth-order valence-electron chi connectivity index (χ4n) is 1.72. The lowest BCUT2D eigenvalue weighted by molar-refractivity contribution is -0.206. The summed E-state index contributed by atoms with van der Waals surface area (Å²) >= 11 is 1.40. The number of aliphatic hydroxyl groups excluding tert-OH is 1. The second-order valence-electron chi connectivity index (χ2n) is 3.94. The molecule has 0 radical (unpaired) electrons. The first-order valence-corrected chi connectivity index (χ1v) is 6.12. The third-order valence-corrected chi connectivity index (χ3v) is 3.61. The standard InChI is InChI=1S/C13H11F3OS/c1-8-6-7-11(18-8)9-4-2-3-5-10(9)12(17)13(14,15)16/h2-7,12,17H,1H3. The Balaban J connectivity index is 2.50. The highest BCUT2D eigenvalue weighted by molar-refractivity contribution is 7.15. The Morgan fingerprint density at radius 3 is 2.33 bits per heavy atom. The van der Waals surface area contributed by atoms with E-state index in [2.05, 4.69) is 0 Å². The van der Waals surface area contributed by atoms with Gasteiger partial charge in [-0.25, -0.2) is 0 Å². The molecule has 0 aliphatic heterocycles. The molecule has 1 heterocycles. The molecule has 96 valence electrons. The third kappa shape index (κ3) is 2.57. The van der Waals surface area contributed by atoms with Crippen LogP contribution in [0.1, 0.15) is 16.5 Å². The molecule has 5 heteroatoms. The Morgan fingerprint density at radius 2 is 1.78 bits per heavy atom. The van der Waals surface area contributed by atoms with Crippen molar-refractivity contribution < 1.29 is 18.3 Å². The van der Waals surface area contributed by atoms with Gasteiger partial charge in [-0.05, 0) is 30.2 Å². The smallest absolute Gasteiger partial charge is 0.379 e. The molecule has 0 aliphatic carbocycles. The van der Waals surface area contributed by atoms with Crippen LogP contribution in [0.4, 0.5) is 13.2 Å². The van der Waals surface area contributed by atoms with E-state index in [-0.39, 0.29) is 5.56 Å². The summed E-state index contributed by atoms with van der Waals surface area (Å²) in [5, 5.41) is 9.39. The van der Waals surface area contributed by atoms with Crippen LogP contribution in [0.3, 0.4) is 0 Å². The van der Waals surface area contributed by atoms with Gasteiger partial charge in [0.2, 0.25) is 0 Å². The van der Waals surface area contributed by atoms with Crippen molar-refractivity contribution >= 4 is 11.3 Å². The van der Waals surface area contributed by atoms with Crippen LogP contribution in [0, 0.1) is 6.92 Å². The number of hydrogen-bond acceptors (Lipinski definition) is 2. The lowest BCUT2D eigenvalue weighted by atomic mass is 10.0. The van der Waals surface area contributed by atoms with E-state index < -0.39 is 12.3 Å². The molecule has 1 atom stereocenters. The maximum atomic E-state index is 12.6. The number of halogens is 3. The summed E-state index contributed by atoms with van der Waals surface area (Å²) in [6, 6.07) is 9.67. The van der Waals surface area contributed by atoms with Crippen molar-refractivity contribution in [3.63, 3.8) is 0 Å². The summed E-state index contributed by atoms with van der Waals surface area (Å²) < 4.78 is 37.8. The molecule has 1 aromatic carbocycles. The van der Waals surface area contributed by atoms with E-state index in [1.807, 2.05) is 13.0 Å². The zero-order valence-electron chi connectivity index (χ0n) is 9.53. The predicted octanol–water partition coefficient (Wildman–Crippen LogP) is 4.32. The Hall–Kier alpha value is -1.33. The monoisotopic (exact) mass is 272 g/mol. The summed E-state index contributed by atoms with van der Waals surface area (Å²) in [6.45, 7) is 1.89. The Labute approximate surface area is 107 Å². The van der Waals surface area contributed by atoms with Crippen molar-refractivity contribution in [3.05, 3.63) is 46.8 Å². The van der Waals surface area contributed by atoms with Crippen LogP contribution in [0.2, 0.25) is 0 Å². The number of aliphatic hydroxyl groups is 1. The Kier molecular flexibility index (Phi) is 3.45. The van der Waals surface area contributed by atoms with E-state index in [0.717, 1.165) is 9.75 Å². The normalized spacial score (nSPS) is 13.6. The molecule has 2 rings (SSSR count). The minimum Gasteiger partial charge on any atom is -0.379 e. The van der Waals surface area contributed by atoms with Crippen molar-refractivity contribution in [2.75, 3.05) is 0 Å². The summed E-state index contributed by atoms with van der Waals surface area (Å²) in [6.07, 6.45) is -7.10. The minimum atomic E-state index is -4.65. The van der Waals surface area contributed by atoms with Gasteiger partial charge in [-0.1, -0.05) is 24.3 Å². The maximum absolute atomic E-state index is 12.6. The average molecular weight is 272 g/mol. The average Bonchev–Trinajstić information content (AvgIpc) is 2.73. The van der Waals surface area contributed by atoms with Gasteiger partial charge in [0.05, 0.1) is 0 Å². The molecule has 18 heavy (non-hydrogen) atoms. The van der Waals surface area contributed by atoms with Gasteiger partial charge in [-0.2, -0.15) is 13.2 Å². The number of thiophene rings is 1. The first-order valence-electron chi connectivity index (χ1n) is 5.30. The predicted molar refractivity (Wildman–Crippen MR) is 65.5 cm³/mol. The molecule has 1 nitrogen and oxygen atoms in total. The first-order chi connectivity index (χ1) is 8.39. The van der Waals surface area contributed by atoms with Gasteiger partial charge in [0.15, 0.2) is 6.10 Å². The molecular formula is C13H11F3OS. The zero-order valence-corrected chi connectivity index (χ0v) is 10.3. The van der Waals surface area contributed by atoms with E-state index in [4.69, 9.17) is 0 Å². The number of benzene rings is 1. The Bertz CT molecular complexity index is 545. The lowest BCUT2D eigenvalue weighted by Crippen LogP contribution is -2.20. The van der Waals surface area contributed by atoms with E-state index in [1.165, 1.54) is 23.5 Å². The highest BCUT2D eigenvalue weighted by Crippen LogP contribution is 2.39. The fourth-order valence-corrected chi connectivity index (χ4v) is 2.63. The molecule has 1 N–H and O–H groups in total. The van der Waals surface area contributed by atoms with Crippen molar-refractivity contribution in [1.82, 2.24) is 0 Å². The molecule has 0 saturated carbocycles.